The van der Waals surface area contributed by atoms with Crippen molar-refractivity contribution in [1.82, 2.24) is 0 Å². The fourth-order valence-corrected chi connectivity index (χ4v) is 8.29. The molecule has 0 amide bonds. The minimum atomic E-state index is -2.52. The molecule has 3 heteroatoms. The monoisotopic (exact) mass is 370 g/mol. The van der Waals surface area contributed by atoms with E-state index in [0.717, 1.165) is 19.3 Å². The zero-order valence-corrected chi connectivity index (χ0v) is 17.7. The second-order valence-corrected chi connectivity index (χ2v) is 12.4. The molecule has 0 unspecified atom stereocenters. The summed E-state index contributed by atoms with van der Waals surface area (Å²) in [5.41, 5.74) is 0. The lowest BCUT2D eigenvalue weighted by Gasteiger charge is -2.43. The quantitative estimate of drug-likeness (QED) is 0.520. The average molecular weight is 371 g/mol. The van der Waals surface area contributed by atoms with Gasteiger partial charge in [-0.25, -0.2) is 0 Å². The third kappa shape index (κ3) is 4.85. The molecular weight excluding hydrogens is 336 g/mol. The van der Waals surface area contributed by atoms with E-state index in [0.29, 0.717) is 6.61 Å². The van der Waals surface area contributed by atoms with Crippen LogP contribution in [0, 0.1) is 0 Å². The van der Waals surface area contributed by atoms with Gasteiger partial charge in [-0.3, -0.25) is 0 Å². The lowest BCUT2D eigenvalue weighted by Crippen LogP contribution is -2.67. The highest BCUT2D eigenvalue weighted by Crippen LogP contribution is 2.36. The summed E-state index contributed by atoms with van der Waals surface area (Å²) in [7, 11) is -2.52. The van der Waals surface area contributed by atoms with Crippen molar-refractivity contribution in [2.45, 2.75) is 64.5 Å². The molecule has 2 aromatic rings. The van der Waals surface area contributed by atoms with Crippen LogP contribution in [0.2, 0.25) is 5.04 Å². The van der Waals surface area contributed by atoms with Crippen molar-refractivity contribution in [3.63, 3.8) is 0 Å². The molecule has 0 bridgehead atoms. The molecular formula is C23H34O2Si. The molecule has 1 N–H and O–H groups in total. The van der Waals surface area contributed by atoms with Gasteiger partial charge in [-0.15, -0.1) is 0 Å². The Morgan fingerprint density at radius 3 is 1.81 bits per heavy atom. The number of unbranched alkanes of at least 4 members (excludes halogenated alkanes) is 2. The van der Waals surface area contributed by atoms with Gasteiger partial charge in [-0.05, 0) is 21.8 Å². The van der Waals surface area contributed by atoms with Crippen LogP contribution in [0.5, 0.6) is 0 Å². The van der Waals surface area contributed by atoms with E-state index in [1.165, 1.54) is 16.8 Å². The van der Waals surface area contributed by atoms with Crippen LogP contribution < -0.4 is 10.4 Å². The summed E-state index contributed by atoms with van der Waals surface area (Å²) in [6.07, 6.45) is 3.80. The van der Waals surface area contributed by atoms with E-state index in [2.05, 4.69) is 88.4 Å². The Bertz CT molecular complexity index is 595. The van der Waals surface area contributed by atoms with E-state index in [9.17, 15) is 5.11 Å². The largest absolute Gasteiger partial charge is 0.405 e. The molecule has 1 atom stereocenters. The van der Waals surface area contributed by atoms with Crippen molar-refractivity contribution in [3.05, 3.63) is 60.7 Å². The van der Waals surface area contributed by atoms with Gasteiger partial charge in [0.2, 0.25) is 0 Å². The highest BCUT2D eigenvalue weighted by molar-refractivity contribution is 6.99. The Morgan fingerprint density at radius 1 is 0.885 bits per heavy atom. The zero-order chi connectivity index (χ0) is 19.0. The molecule has 0 radical (unpaired) electrons. The van der Waals surface area contributed by atoms with Crippen molar-refractivity contribution in [2.75, 3.05) is 6.61 Å². The maximum Gasteiger partial charge on any atom is 0.261 e. The van der Waals surface area contributed by atoms with Gasteiger partial charge < -0.3 is 9.53 Å². The van der Waals surface area contributed by atoms with Crippen LogP contribution in [0.4, 0.5) is 0 Å². The van der Waals surface area contributed by atoms with Crippen molar-refractivity contribution in [3.8, 4) is 0 Å². The van der Waals surface area contributed by atoms with Gasteiger partial charge in [0.05, 0.1) is 12.7 Å². The van der Waals surface area contributed by atoms with Crippen LogP contribution >= 0.6 is 0 Å². The Kier molecular flexibility index (Phi) is 7.63. The molecule has 2 nitrogen and oxygen atoms in total. The molecule has 142 valence electrons. The maximum absolute atomic E-state index is 10.5. The predicted octanol–water partition coefficient (Wildman–Crippen LogP) is 4.50. The predicted molar refractivity (Wildman–Crippen MR) is 114 cm³/mol. The van der Waals surface area contributed by atoms with Gasteiger partial charge in [0.15, 0.2) is 0 Å². The van der Waals surface area contributed by atoms with Crippen molar-refractivity contribution < 1.29 is 9.53 Å². The number of aliphatic hydroxyl groups excluding tert-OH is 1. The topological polar surface area (TPSA) is 29.5 Å². The van der Waals surface area contributed by atoms with Crippen LogP contribution in [0.1, 0.15) is 53.4 Å². The molecule has 0 aliphatic heterocycles. The van der Waals surface area contributed by atoms with Crippen molar-refractivity contribution in [2.24, 2.45) is 0 Å². The van der Waals surface area contributed by atoms with Gasteiger partial charge in [0.25, 0.3) is 8.32 Å². The number of hydrogen-bond acceptors (Lipinski definition) is 2. The van der Waals surface area contributed by atoms with E-state index in [1.807, 2.05) is 0 Å². The van der Waals surface area contributed by atoms with Crippen LogP contribution in [-0.4, -0.2) is 26.1 Å². The maximum atomic E-state index is 10.5. The van der Waals surface area contributed by atoms with E-state index in [1.54, 1.807) is 0 Å². The van der Waals surface area contributed by atoms with E-state index in [4.69, 9.17) is 4.43 Å². The Hall–Kier alpha value is -1.42. The summed E-state index contributed by atoms with van der Waals surface area (Å²) in [5.74, 6) is 0. The van der Waals surface area contributed by atoms with Gasteiger partial charge in [-0.2, -0.15) is 0 Å². The molecule has 0 aromatic heterocycles. The first-order valence-corrected chi connectivity index (χ1v) is 11.8. The molecule has 0 saturated heterocycles. The molecule has 2 rings (SSSR count). The molecule has 0 spiro atoms. The van der Waals surface area contributed by atoms with Gasteiger partial charge in [-0.1, -0.05) is 108 Å². The normalized spacial score (nSPS) is 13.6. The summed E-state index contributed by atoms with van der Waals surface area (Å²) >= 11 is 0. The summed E-state index contributed by atoms with van der Waals surface area (Å²) in [4.78, 5) is 0. The van der Waals surface area contributed by atoms with Crippen LogP contribution in [0.25, 0.3) is 0 Å². The van der Waals surface area contributed by atoms with Gasteiger partial charge in [0, 0.05) is 0 Å². The summed E-state index contributed by atoms with van der Waals surface area (Å²) < 4.78 is 6.75. The lowest BCUT2D eigenvalue weighted by molar-refractivity contribution is 0.0928. The minimum Gasteiger partial charge on any atom is -0.405 e. The molecule has 0 saturated carbocycles. The van der Waals surface area contributed by atoms with Gasteiger partial charge in [0.1, 0.15) is 0 Å². The van der Waals surface area contributed by atoms with E-state index < -0.39 is 14.4 Å². The molecule has 0 aliphatic rings. The number of rotatable bonds is 9. The second kappa shape index (κ2) is 9.49. The van der Waals surface area contributed by atoms with Gasteiger partial charge >= 0.3 is 0 Å². The first kappa shape index (κ1) is 20.9. The Balaban J connectivity index is 2.38. The van der Waals surface area contributed by atoms with E-state index in [-0.39, 0.29) is 5.04 Å². The average Bonchev–Trinajstić information content (AvgIpc) is 2.63. The molecule has 0 heterocycles. The molecule has 0 aliphatic carbocycles. The third-order valence-electron chi connectivity index (χ3n) is 5.05. The number of hydrogen-bond donors (Lipinski definition) is 1. The fourth-order valence-electron chi connectivity index (χ4n) is 3.70. The van der Waals surface area contributed by atoms with Crippen LogP contribution in [-0.2, 0) is 4.43 Å². The molecule has 0 fully saturated rings. The number of aliphatic hydroxyl groups is 1. The fraction of sp³-hybridized carbons (Fsp3) is 0.478. The highest BCUT2D eigenvalue weighted by Gasteiger charge is 2.50. The smallest absolute Gasteiger partial charge is 0.261 e. The highest BCUT2D eigenvalue weighted by atomic mass is 28.4. The third-order valence-corrected chi connectivity index (χ3v) is 10.1. The lowest BCUT2D eigenvalue weighted by atomic mass is 10.1. The second-order valence-electron chi connectivity index (χ2n) is 8.12. The van der Waals surface area contributed by atoms with Crippen LogP contribution in [0.3, 0.4) is 0 Å². The summed E-state index contributed by atoms with van der Waals surface area (Å²) in [6.45, 7) is 9.39. The molecule has 2 aromatic carbocycles. The Morgan fingerprint density at radius 2 is 1.38 bits per heavy atom. The van der Waals surface area contributed by atoms with Crippen LogP contribution in [0.15, 0.2) is 60.7 Å². The summed E-state index contributed by atoms with van der Waals surface area (Å²) in [5, 5.41) is 13.0. The summed E-state index contributed by atoms with van der Waals surface area (Å²) in [6, 6.07) is 21.2. The van der Waals surface area contributed by atoms with Crippen molar-refractivity contribution >= 4 is 18.7 Å². The molecule has 26 heavy (non-hydrogen) atoms. The standard InChI is InChI=1S/C23H34O2Si/c1-5-6-9-14-20(24)19-25-26(23(2,3)4,21-15-10-7-11-16-21)22-17-12-8-13-18-22/h7-8,10-13,15-18,20,24H,5-6,9,14,19H2,1-4H3/t20-/m0/s1. The minimum absolute atomic E-state index is 0.0428. The van der Waals surface area contributed by atoms with E-state index >= 15 is 0 Å². The first-order valence-electron chi connectivity index (χ1n) is 9.85. The number of benzene rings is 2. The first-order chi connectivity index (χ1) is 12.4. The van der Waals surface area contributed by atoms with Crippen molar-refractivity contribution in [1.29, 1.82) is 0 Å². The SMILES string of the molecule is CCCCC[C@H](O)CO[Si](c1ccccc1)(c1ccccc1)C(C)(C)C. The Labute approximate surface area is 160 Å². The zero-order valence-electron chi connectivity index (χ0n) is 16.7.